The van der Waals surface area contributed by atoms with E-state index in [-0.39, 0.29) is 6.04 Å². The fourth-order valence-electron chi connectivity index (χ4n) is 2.85. The molecule has 0 spiro atoms. The van der Waals surface area contributed by atoms with Crippen molar-refractivity contribution in [1.29, 1.82) is 0 Å². The maximum absolute atomic E-state index is 5.59. The van der Waals surface area contributed by atoms with Gasteiger partial charge in [0, 0.05) is 13.1 Å². The Kier molecular flexibility index (Phi) is 5.27. The maximum atomic E-state index is 5.59. The van der Waals surface area contributed by atoms with Crippen molar-refractivity contribution in [3.63, 3.8) is 0 Å². The third-order valence-corrected chi connectivity index (χ3v) is 3.89. The molecule has 0 aliphatic heterocycles. The number of rotatable bonds is 6. The van der Waals surface area contributed by atoms with Gasteiger partial charge in [-0.2, -0.15) is 0 Å². The first-order chi connectivity index (χ1) is 9.24. The van der Waals surface area contributed by atoms with Crippen LogP contribution in [0.3, 0.4) is 0 Å². The summed E-state index contributed by atoms with van der Waals surface area (Å²) in [5, 5.41) is 15.9. The van der Waals surface area contributed by atoms with Gasteiger partial charge in [-0.25, -0.2) is 4.68 Å². The van der Waals surface area contributed by atoms with Gasteiger partial charge in [0.1, 0.15) is 0 Å². The van der Waals surface area contributed by atoms with Crippen LogP contribution in [0.5, 0.6) is 0 Å². The molecule has 1 aromatic rings. The Bertz CT molecular complexity index is 369. The van der Waals surface area contributed by atoms with Crippen molar-refractivity contribution in [3.8, 4) is 0 Å². The van der Waals surface area contributed by atoms with E-state index in [0.29, 0.717) is 18.5 Å². The molecule has 1 atom stereocenters. The van der Waals surface area contributed by atoms with Crippen molar-refractivity contribution in [3.05, 3.63) is 5.82 Å². The fourth-order valence-corrected chi connectivity index (χ4v) is 2.85. The third kappa shape index (κ3) is 3.51. The molecule has 1 unspecified atom stereocenters. The van der Waals surface area contributed by atoms with Crippen molar-refractivity contribution in [2.24, 2.45) is 11.7 Å². The van der Waals surface area contributed by atoms with E-state index in [9.17, 15) is 0 Å². The van der Waals surface area contributed by atoms with Crippen LogP contribution >= 0.6 is 0 Å². The average molecular weight is 266 g/mol. The first-order valence-electron chi connectivity index (χ1n) is 7.45. The van der Waals surface area contributed by atoms with E-state index in [1.54, 1.807) is 0 Å². The maximum Gasteiger partial charge on any atom is 0.168 e. The zero-order valence-corrected chi connectivity index (χ0v) is 12.0. The Hall–Kier alpha value is -1.01. The lowest BCUT2D eigenvalue weighted by atomic mass is 9.95. The van der Waals surface area contributed by atoms with Crippen LogP contribution in [-0.2, 0) is 0 Å². The molecule has 6 nitrogen and oxygen atoms in total. The quantitative estimate of drug-likeness (QED) is 0.814. The van der Waals surface area contributed by atoms with Gasteiger partial charge in [0.25, 0.3) is 0 Å². The fraction of sp³-hybridized carbons (Fsp3) is 0.923. The SMILES string of the molecule is CC(C)C(NCCN)c1nnnn1C1CCCCC1. The molecule has 0 bridgehead atoms. The summed E-state index contributed by atoms with van der Waals surface area (Å²) in [7, 11) is 0. The van der Waals surface area contributed by atoms with E-state index in [2.05, 4.69) is 34.7 Å². The molecular formula is C13H26N6. The Labute approximate surface area is 115 Å². The van der Waals surface area contributed by atoms with Crippen LogP contribution < -0.4 is 11.1 Å². The normalized spacial score (nSPS) is 18.9. The molecule has 0 aromatic carbocycles. The van der Waals surface area contributed by atoms with Gasteiger partial charge < -0.3 is 11.1 Å². The molecular weight excluding hydrogens is 240 g/mol. The van der Waals surface area contributed by atoms with Crippen molar-refractivity contribution >= 4 is 0 Å². The minimum atomic E-state index is 0.181. The number of nitrogens with one attached hydrogen (secondary N) is 1. The van der Waals surface area contributed by atoms with Crippen LogP contribution in [0.2, 0.25) is 0 Å². The monoisotopic (exact) mass is 266 g/mol. The largest absolute Gasteiger partial charge is 0.329 e. The summed E-state index contributed by atoms with van der Waals surface area (Å²) in [6.07, 6.45) is 6.30. The first kappa shape index (κ1) is 14.4. The van der Waals surface area contributed by atoms with Crippen molar-refractivity contribution in [2.75, 3.05) is 13.1 Å². The zero-order chi connectivity index (χ0) is 13.7. The number of aromatic nitrogens is 4. The molecule has 0 amide bonds. The van der Waals surface area contributed by atoms with Gasteiger partial charge in [-0.1, -0.05) is 33.1 Å². The second kappa shape index (κ2) is 6.96. The van der Waals surface area contributed by atoms with Crippen molar-refractivity contribution < 1.29 is 0 Å². The van der Waals surface area contributed by atoms with Crippen LogP contribution in [0.15, 0.2) is 0 Å². The summed E-state index contributed by atoms with van der Waals surface area (Å²) >= 11 is 0. The molecule has 108 valence electrons. The highest BCUT2D eigenvalue weighted by atomic mass is 15.6. The first-order valence-corrected chi connectivity index (χ1v) is 7.45. The molecule has 0 radical (unpaired) electrons. The number of tetrazole rings is 1. The highest BCUT2D eigenvalue weighted by Crippen LogP contribution is 2.30. The molecule has 1 saturated carbocycles. The molecule has 1 heterocycles. The van der Waals surface area contributed by atoms with E-state index in [4.69, 9.17) is 5.73 Å². The van der Waals surface area contributed by atoms with E-state index >= 15 is 0 Å². The predicted octanol–water partition coefficient (Wildman–Crippen LogP) is 1.42. The van der Waals surface area contributed by atoms with Crippen LogP contribution in [0.1, 0.15) is 63.9 Å². The third-order valence-electron chi connectivity index (χ3n) is 3.89. The van der Waals surface area contributed by atoms with Crippen LogP contribution in [-0.4, -0.2) is 33.3 Å². The Morgan fingerprint density at radius 1 is 1.32 bits per heavy atom. The van der Waals surface area contributed by atoms with Crippen molar-refractivity contribution in [1.82, 2.24) is 25.5 Å². The highest BCUT2D eigenvalue weighted by Gasteiger charge is 2.26. The lowest BCUT2D eigenvalue weighted by Crippen LogP contribution is -2.33. The number of nitrogens with zero attached hydrogens (tertiary/aromatic N) is 4. The standard InChI is InChI=1S/C13H26N6/c1-10(2)12(15-9-8-14)13-16-17-18-19(13)11-6-4-3-5-7-11/h10-12,15H,3-9,14H2,1-2H3. The van der Waals surface area contributed by atoms with Crippen LogP contribution in [0.4, 0.5) is 0 Å². The van der Waals surface area contributed by atoms with Crippen molar-refractivity contribution in [2.45, 2.75) is 58.0 Å². The molecule has 1 aliphatic carbocycles. The summed E-state index contributed by atoms with van der Waals surface area (Å²) in [5.41, 5.74) is 5.59. The van der Waals surface area contributed by atoms with E-state index in [0.717, 1.165) is 12.4 Å². The van der Waals surface area contributed by atoms with Gasteiger partial charge in [0.05, 0.1) is 12.1 Å². The number of hydrogen-bond donors (Lipinski definition) is 2. The number of hydrogen-bond acceptors (Lipinski definition) is 5. The highest BCUT2D eigenvalue weighted by molar-refractivity contribution is 4.96. The minimum absolute atomic E-state index is 0.181. The molecule has 2 rings (SSSR count). The summed E-state index contributed by atoms with van der Waals surface area (Å²) in [6, 6.07) is 0.653. The predicted molar refractivity (Wildman–Crippen MR) is 74.6 cm³/mol. The topological polar surface area (TPSA) is 81.7 Å². The molecule has 1 aliphatic rings. The minimum Gasteiger partial charge on any atom is -0.329 e. The van der Waals surface area contributed by atoms with Gasteiger partial charge >= 0.3 is 0 Å². The zero-order valence-electron chi connectivity index (χ0n) is 12.0. The number of nitrogens with two attached hydrogens (primary N) is 1. The molecule has 3 N–H and O–H groups in total. The Morgan fingerprint density at radius 3 is 2.68 bits per heavy atom. The van der Waals surface area contributed by atoms with E-state index < -0.39 is 0 Å². The molecule has 6 heteroatoms. The summed E-state index contributed by atoms with van der Waals surface area (Å²) in [6.45, 7) is 5.80. The molecule has 1 aromatic heterocycles. The molecule has 19 heavy (non-hydrogen) atoms. The van der Waals surface area contributed by atoms with Gasteiger partial charge in [-0.05, 0) is 29.2 Å². The molecule has 0 saturated heterocycles. The lowest BCUT2D eigenvalue weighted by molar-refractivity contribution is 0.293. The Morgan fingerprint density at radius 2 is 2.05 bits per heavy atom. The van der Waals surface area contributed by atoms with Gasteiger partial charge in [0.2, 0.25) is 0 Å². The second-order valence-electron chi connectivity index (χ2n) is 5.74. The van der Waals surface area contributed by atoms with Crippen LogP contribution in [0.25, 0.3) is 0 Å². The van der Waals surface area contributed by atoms with Crippen LogP contribution in [0, 0.1) is 5.92 Å². The summed E-state index contributed by atoms with van der Waals surface area (Å²) in [5.74, 6) is 1.41. The summed E-state index contributed by atoms with van der Waals surface area (Å²) in [4.78, 5) is 0. The smallest absolute Gasteiger partial charge is 0.168 e. The van der Waals surface area contributed by atoms with Gasteiger partial charge in [-0.15, -0.1) is 5.10 Å². The van der Waals surface area contributed by atoms with E-state index in [1.807, 2.05) is 4.68 Å². The van der Waals surface area contributed by atoms with Gasteiger partial charge in [-0.3, -0.25) is 0 Å². The van der Waals surface area contributed by atoms with Gasteiger partial charge in [0.15, 0.2) is 5.82 Å². The average Bonchev–Trinajstić information content (AvgIpc) is 2.89. The Balaban J connectivity index is 2.15. The van der Waals surface area contributed by atoms with E-state index in [1.165, 1.54) is 32.1 Å². The summed E-state index contributed by atoms with van der Waals surface area (Å²) < 4.78 is 2.05. The second-order valence-corrected chi connectivity index (χ2v) is 5.74. The molecule has 1 fully saturated rings. The lowest BCUT2D eigenvalue weighted by Gasteiger charge is -2.26.